The van der Waals surface area contributed by atoms with Crippen molar-refractivity contribution in [2.45, 2.75) is 70.5 Å². The highest BCUT2D eigenvalue weighted by Gasteiger charge is 2.35. The van der Waals surface area contributed by atoms with Crippen molar-refractivity contribution in [1.82, 2.24) is 9.62 Å². The average Bonchev–Trinajstić information content (AvgIpc) is 3.02. The molecule has 4 nitrogen and oxygen atoms in total. The number of nitrogens with zero attached hydrogens (tertiary/aromatic N) is 1. The summed E-state index contributed by atoms with van der Waals surface area (Å²) in [6, 6.07) is 2.43. The lowest BCUT2D eigenvalue weighted by atomic mass is 10.2. The predicted octanol–water partition coefficient (Wildman–Crippen LogP) is 3.12. The van der Waals surface area contributed by atoms with Gasteiger partial charge in [-0.3, -0.25) is 0 Å². The van der Waals surface area contributed by atoms with Crippen molar-refractivity contribution in [3.05, 3.63) is 15.8 Å². The van der Waals surface area contributed by atoms with Gasteiger partial charge >= 0.3 is 0 Å². The Kier molecular flexibility index (Phi) is 5.46. The molecule has 1 saturated heterocycles. The zero-order valence-corrected chi connectivity index (χ0v) is 15.0. The normalized spacial score (nSPS) is 20.5. The van der Waals surface area contributed by atoms with E-state index in [2.05, 4.69) is 26.1 Å². The topological polar surface area (TPSA) is 49.4 Å². The standard InChI is InChI=1S/C15H26N2O2S2/c1-5-13-7-6-8-17(13)21(18,19)15-9-14(20-12(15)4)10-16-11(2)3/h9,11,13,16H,5-8,10H2,1-4H3. The Balaban J connectivity index is 2.24. The monoisotopic (exact) mass is 330 g/mol. The van der Waals surface area contributed by atoms with Gasteiger partial charge in [-0.05, 0) is 32.3 Å². The Morgan fingerprint density at radius 1 is 1.48 bits per heavy atom. The first-order valence-electron chi connectivity index (χ1n) is 7.70. The van der Waals surface area contributed by atoms with Crippen LogP contribution in [0, 0.1) is 6.92 Å². The summed E-state index contributed by atoms with van der Waals surface area (Å²) >= 11 is 1.58. The van der Waals surface area contributed by atoms with Gasteiger partial charge in [0.2, 0.25) is 10.0 Å². The van der Waals surface area contributed by atoms with Crippen LogP contribution in [-0.2, 0) is 16.6 Å². The van der Waals surface area contributed by atoms with Gasteiger partial charge in [-0.15, -0.1) is 11.3 Å². The van der Waals surface area contributed by atoms with Crippen LogP contribution in [-0.4, -0.2) is 31.4 Å². The summed E-state index contributed by atoms with van der Waals surface area (Å²) in [5.41, 5.74) is 0. The Hall–Kier alpha value is -0.430. The summed E-state index contributed by atoms with van der Waals surface area (Å²) in [5.74, 6) is 0. The first-order valence-corrected chi connectivity index (χ1v) is 9.96. The summed E-state index contributed by atoms with van der Waals surface area (Å²) in [6.07, 6.45) is 2.85. The van der Waals surface area contributed by atoms with Gasteiger partial charge in [0.1, 0.15) is 0 Å². The highest BCUT2D eigenvalue weighted by Crippen LogP contribution is 2.33. The van der Waals surface area contributed by atoms with E-state index in [9.17, 15) is 8.42 Å². The molecule has 120 valence electrons. The molecular formula is C15H26N2O2S2. The average molecular weight is 331 g/mol. The molecule has 6 heteroatoms. The Labute approximate surface area is 132 Å². The van der Waals surface area contributed by atoms with Gasteiger partial charge in [0.15, 0.2) is 0 Å². The Morgan fingerprint density at radius 2 is 2.19 bits per heavy atom. The lowest BCUT2D eigenvalue weighted by Crippen LogP contribution is -2.35. The van der Waals surface area contributed by atoms with Crippen LogP contribution in [0.4, 0.5) is 0 Å². The molecule has 1 aliphatic rings. The molecule has 2 rings (SSSR count). The molecule has 0 bridgehead atoms. The Morgan fingerprint density at radius 3 is 2.81 bits per heavy atom. The summed E-state index contributed by atoms with van der Waals surface area (Å²) in [4.78, 5) is 2.50. The molecule has 1 N–H and O–H groups in total. The Bertz CT molecular complexity index is 578. The van der Waals surface area contributed by atoms with Gasteiger partial charge in [-0.25, -0.2) is 8.42 Å². The molecule has 1 fully saturated rings. The molecule has 1 aromatic heterocycles. The molecular weight excluding hydrogens is 304 g/mol. The van der Waals surface area contributed by atoms with Crippen molar-refractivity contribution < 1.29 is 8.42 Å². The van der Waals surface area contributed by atoms with Crippen LogP contribution in [0.3, 0.4) is 0 Å². The van der Waals surface area contributed by atoms with Crippen LogP contribution in [0.25, 0.3) is 0 Å². The third-order valence-corrected chi connectivity index (χ3v) is 7.25. The fourth-order valence-electron chi connectivity index (χ4n) is 2.83. The number of aryl methyl sites for hydroxylation is 1. The van der Waals surface area contributed by atoms with E-state index in [-0.39, 0.29) is 6.04 Å². The van der Waals surface area contributed by atoms with Gasteiger partial charge < -0.3 is 5.32 Å². The van der Waals surface area contributed by atoms with Crippen molar-refractivity contribution in [2.75, 3.05) is 6.54 Å². The minimum absolute atomic E-state index is 0.173. The number of rotatable bonds is 6. The van der Waals surface area contributed by atoms with Gasteiger partial charge in [0.25, 0.3) is 0 Å². The maximum atomic E-state index is 12.9. The number of nitrogens with one attached hydrogen (secondary N) is 1. The van der Waals surface area contributed by atoms with Crippen molar-refractivity contribution in [3.63, 3.8) is 0 Å². The highest BCUT2D eigenvalue weighted by atomic mass is 32.2. The maximum absolute atomic E-state index is 12.9. The molecule has 0 radical (unpaired) electrons. The van der Waals surface area contributed by atoms with E-state index < -0.39 is 10.0 Å². The SMILES string of the molecule is CCC1CCCN1S(=O)(=O)c1cc(CNC(C)C)sc1C. The van der Waals surface area contributed by atoms with E-state index in [1.54, 1.807) is 15.6 Å². The summed E-state index contributed by atoms with van der Waals surface area (Å²) < 4.78 is 27.5. The summed E-state index contributed by atoms with van der Waals surface area (Å²) in [6.45, 7) is 9.55. The number of hydrogen-bond donors (Lipinski definition) is 1. The molecule has 0 saturated carbocycles. The number of hydrogen-bond acceptors (Lipinski definition) is 4. The smallest absolute Gasteiger partial charge is 0.244 e. The molecule has 1 unspecified atom stereocenters. The molecule has 21 heavy (non-hydrogen) atoms. The van der Waals surface area contributed by atoms with E-state index in [0.717, 1.165) is 35.6 Å². The van der Waals surface area contributed by atoms with E-state index in [1.807, 2.05) is 13.0 Å². The van der Waals surface area contributed by atoms with Crippen LogP contribution < -0.4 is 5.32 Å². The fourth-order valence-corrected chi connectivity index (χ4v) is 6.16. The zero-order chi connectivity index (χ0) is 15.6. The third-order valence-electron chi connectivity index (χ3n) is 3.99. The van der Waals surface area contributed by atoms with Crippen molar-refractivity contribution in [1.29, 1.82) is 0 Å². The summed E-state index contributed by atoms with van der Waals surface area (Å²) in [7, 11) is -3.33. The van der Waals surface area contributed by atoms with Gasteiger partial charge in [-0.2, -0.15) is 4.31 Å². The van der Waals surface area contributed by atoms with E-state index in [4.69, 9.17) is 0 Å². The summed E-state index contributed by atoms with van der Waals surface area (Å²) in [5, 5.41) is 3.35. The fraction of sp³-hybridized carbons (Fsp3) is 0.733. The van der Waals surface area contributed by atoms with Crippen LogP contribution in [0.15, 0.2) is 11.0 Å². The highest BCUT2D eigenvalue weighted by molar-refractivity contribution is 7.89. The predicted molar refractivity (Wildman–Crippen MR) is 88.2 cm³/mol. The largest absolute Gasteiger partial charge is 0.310 e. The van der Waals surface area contributed by atoms with E-state index in [1.165, 1.54) is 0 Å². The molecule has 0 spiro atoms. The lowest BCUT2D eigenvalue weighted by molar-refractivity contribution is 0.379. The minimum Gasteiger partial charge on any atom is -0.310 e. The quantitative estimate of drug-likeness (QED) is 0.872. The lowest BCUT2D eigenvalue weighted by Gasteiger charge is -2.22. The van der Waals surface area contributed by atoms with E-state index >= 15 is 0 Å². The molecule has 0 aliphatic carbocycles. The molecule has 1 aliphatic heterocycles. The molecule has 2 heterocycles. The molecule has 0 aromatic carbocycles. The maximum Gasteiger partial charge on any atom is 0.244 e. The second-order valence-electron chi connectivity index (χ2n) is 5.99. The zero-order valence-electron chi connectivity index (χ0n) is 13.3. The van der Waals surface area contributed by atoms with E-state index in [0.29, 0.717) is 17.5 Å². The van der Waals surface area contributed by atoms with Gasteiger partial charge in [0.05, 0.1) is 4.90 Å². The molecule has 1 aromatic rings. The second-order valence-corrected chi connectivity index (χ2v) is 9.19. The number of thiophene rings is 1. The van der Waals surface area contributed by atoms with Gasteiger partial charge in [-0.1, -0.05) is 20.8 Å². The molecule has 1 atom stereocenters. The van der Waals surface area contributed by atoms with Crippen molar-refractivity contribution >= 4 is 21.4 Å². The van der Waals surface area contributed by atoms with Crippen molar-refractivity contribution in [2.24, 2.45) is 0 Å². The van der Waals surface area contributed by atoms with Crippen LogP contribution in [0.5, 0.6) is 0 Å². The third kappa shape index (κ3) is 3.67. The van der Waals surface area contributed by atoms with Crippen LogP contribution in [0.2, 0.25) is 0 Å². The van der Waals surface area contributed by atoms with Crippen LogP contribution >= 0.6 is 11.3 Å². The van der Waals surface area contributed by atoms with Gasteiger partial charge in [0, 0.05) is 34.9 Å². The molecule has 0 amide bonds. The second kappa shape index (κ2) is 6.77. The first-order chi connectivity index (χ1) is 9.86. The van der Waals surface area contributed by atoms with Crippen molar-refractivity contribution in [3.8, 4) is 0 Å². The first kappa shape index (κ1) is 16.9. The number of sulfonamides is 1. The van der Waals surface area contributed by atoms with Crippen LogP contribution in [0.1, 0.15) is 49.8 Å². The minimum atomic E-state index is -3.33.